The van der Waals surface area contributed by atoms with Crippen LogP contribution in [-0.2, 0) is 36.2 Å². The Hall–Kier alpha value is -4.06. The van der Waals surface area contributed by atoms with Crippen molar-refractivity contribution in [3.8, 4) is 5.75 Å². The van der Waals surface area contributed by atoms with Gasteiger partial charge in [0.15, 0.2) is 0 Å². The van der Waals surface area contributed by atoms with E-state index in [-0.39, 0.29) is 42.9 Å². The van der Waals surface area contributed by atoms with Gasteiger partial charge in [0.05, 0.1) is 17.9 Å². The lowest BCUT2D eigenvalue weighted by Gasteiger charge is -2.43. The lowest BCUT2D eigenvalue weighted by molar-refractivity contribution is -0.153. The second-order valence-corrected chi connectivity index (χ2v) is 12.0. The molecule has 2 unspecified atom stereocenters. The molecule has 0 bridgehead atoms. The minimum atomic E-state index is -2.81. The number of benzene rings is 2. The third-order valence-corrected chi connectivity index (χ3v) is 9.41. The van der Waals surface area contributed by atoms with Gasteiger partial charge in [-0.05, 0) is 48.6 Å². The average Bonchev–Trinajstić information content (AvgIpc) is 3.55. The largest absolute Gasteiger partial charge is 0.487 e. The molecule has 2 amide bonds. The van der Waals surface area contributed by atoms with Gasteiger partial charge in [-0.2, -0.15) is 0 Å². The number of amides is 2. The van der Waals surface area contributed by atoms with E-state index in [9.17, 15) is 28.3 Å². The van der Waals surface area contributed by atoms with Gasteiger partial charge in [-0.25, -0.2) is 13.5 Å². The van der Waals surface area contributed by atoms with Crippen LogP contribution in [0.25, 0.3) is 0 Å². The van der Waals surface area contributed by atoms with Crippen molar-refractivity contribution in [2.75, 3.05) is 13.1 Å². The molecule has 10 nitrogen and oxygen atoms in total. The zero-order valence-electron chi connectivity index (χ0n) is 24.1. The molecule has 3 atom stereocenters. The molecule has 232 valence electrons. The summed E-state index contributed by atoms with van der Waals surface area (Å²) in [4.78, 5) is 43.2. The second kappa shape index (κ2) is 12.1. The lowest BCUT2D eigenvalue weighted by Crippen LogP contribution is -2.50. The van der Waals surface area contributed by atoms with Gasteiger partial charge in [-0.15, -0.1) is 5.10 Å². The fourth-order valence-corrected chi connectivity index (χ4v) is 7.15. The van der Waals surface area contributed by atoms with E-state index in [0.717, 1.165) is 28.7 Å². The minimum absolute atomic E-state index is 0.0248. The van der Waals surface area contributed by atoms with E-state index in [4.69, 9.17) is 16.3 Å². The minimum Gasteiger partial charge on any atom is -0.487 e. The molecular formula is C31H32ClF2N5O5. The Balaban J connectivity index is 1.39. The van der Waals surface area contributed by atoms with Crippen molar-refractivity contribution < 1.29 is 33.0 Å². The maximum atomic E-state index is 14.2. The quantitative estimate of drug-likeness (QED) is 0.375. The van der Waals surface area contributed by atoms with E-state index in [1.54, 1.807) is 34.1 Å². The number of alkyl halides is 2. The highest BCUT2D eigenvalue weighted by Gasteiger charge is 2.44. The van der Waals surface area contributed by atoms with Crippen molar-refractivity contribution in [1.82, 2.24) is 24.8 Å². The number of carboxylic acid groups (broad SMARTS) is 1. The summed E-state index contributed by atoms with van der Waals surface area (Å²) in [7, 11) is 1.38. The van der Waals surface area contributed by atoms with Gasteiger partial charge in [0.25, 0.3) is 12.3 Å². The monoisotopic (exact) mass is 627 g/mol. The maximum absolute atomic E-state index is 14.2. The van der Waals surface area contributed by atoms with Crippen molar-refractivity contribution in [2.45, 2.75) is 57.7 Å². The first-order valence-corrected chi connectivity index (χ1v) is 15.0. The van der Waals surface area contributed by atoms with Crippen LogP contribution in [0.1, 0.15) is 76.6 Å². The molecular weight excluding hydrogens is 596 g/mol. The number of rotatable bonds is 8. The van der Waals surface area contributed by atoms with Crippen LogP contribution in [0, 0.1) is 11.8 Å². The molecule has 3 aromatic rings. The summed E-state index contributed by atoms with van der Waals surface area (Å²) in [6.07, 6.45) is -0.0638. The Labute approximate surface area is 257 Å². The van der Waals surface area contributed by atoms with E-state index >= 15 is 0 Å². The van der Waals surface area contributed by atoms with Crippen molar-refractivity contribution in [1.29, 1.82) is 0 Å². The maximum Gasteiger partial charge on any atom is 0.307 e. The van der Waals surface area contributed by atoms with Gasteiger partial charge >= 0.3 is 5.97 Å². The number of aryl methyl sites for hydroxylation is 1. The summed E-state index contributed by atoms with van der Waals surface area (Å²) < 4.78 is 34.6. The average molecular weight is 628 g/mol. The Morgan fingerprint density at radius 3 is 2.61 bits per heavy atom. The smallest absolute Gasteiger partial charge is 0.307 e. The van der Waals surface area contributed by atoms with Crippen molar-refractivity contribution in [3.05, 3.63) is 75.1 Å². The van der Waals surface area contributed by atoms with E-state index in [2.05, 4.69) is 10.3 Å². The first-order valence-electron chi connectivity index (χ1n) is 14.7. The van der Waals surface area contributed by atoms with Gasteiger partial charge in [-0.1, -0.05) is 47.9 Å². The van der Waals surface area contributed by atoms with Gasteiger partial charge in [0.2, 0.25) is 5.91 Å². The van der Waals surface area contributed by atoms with Gasteiger partial charge < -0.3 is 19.6 Å². The molecule has 1 aliphatic carbocycles. The number of aliphatic carboxylic acids is 1. The van der Waals surface area contributed by atoms with Crippen LogP contribution in [0.2, 0.25) is 5.02 Å². The first-order chi connectivity index (χ1) is 21.2. The van der Waals surface area contributed by atoms with Crippen molar-refractivity contribution in [3.63, 3.8) is 0 Å². The van der Waals surface area contributed by atoms with E-state index in [1.165, 1.54) is 7.05 Å². The zero-order chi connectivity index (χ0) is 31.1. The molecule has 1 N–H and O–H groups in total. The SMILES string of the molecule is Cn1nnc(COc2ccc(Cl)c3c2[C@@H](CN2Cc4ccccc4C2=O)N(C(=O)C2CCCCC2C(=O)O)CC3)c1C(F)F. The molecule has 3 aliphatic rings. The molecule has 2 aliphatic heterocycles. The number of hydrogen-bond acceptors (Lipinski definition) is 6. The Morgan fingerprint density at radius 1 is 1.14 bits per heavy atom. The molecule has 6 rings (SSSR count). The normalized spacial score (nSPS) is 21.4. The van der Waals surface area contributed by atoms with Crippen LogP contribution in [0.4, 0.5) is 8.78 Å². The summed E-state index contributed by atoms with van der Waals surface area (Å²) in [5.74, 6) is -2.62. The van der Waals surface area contributed by atoms with E-state index in [1.807, 2.05) is 12.1 Å². The molecule has 0 radical (unpaired) electrons. The molecule has 0 saturated heterocycles. The molecule has 44 heavy (non-hydrogen) atoms. The van der Waals surface area contributed by atoms with Crippen LogP contribution < -0.4 is 4.74 Å². The Bertz CT molecular complexity index is 1610. The number of carboxylic acids is 1. The Kier molecular flexibility index (Phi) is 8.28. The van der Waals surface area contributed by atoms with Crippen LogP contribution >= 0.6 is 11.6 Å². The van der Waals surface area contributed by atoms with Crippen LogP contribution in [0.3, 0.4) is 0 Å². The number of carbonyl (C=O) groups is 3. The molecule has 0 spiro atoms. The zero-order valence-corrected chi connectivity index (χ0v) is 24.8. The van der Waals surface area contributed by atoms with Crippen LogP contribution in [0.15, 0.2) is 36.4 Å². The molecule has 1 saturated carbocycles. The van der Waals surface area contributed by atoms with Crippen molar-refractivity contribution in [2.24, 2.45) is 18.9 Å². The topological polar surface area (TPSA) is 118 Å². The van der Waals surface area contributed by atoms with Gasteiger partial charge in [-0.3, -0.25) is 14.4 Å². The van der Waals surface area contributed by atoms with Gasteiger partial charge in [0.1, 0.15) is 23.7 Å². The molecule has 3 heterocycles. The second-order valence-electron chi connectivity index (χ2n) is 11.5. The van der Waals surface area contributed by atoms with E-state index < -0.39 is 30.3 Å². The molecule has 13 heteroatoms. The fourth-order valence-electron chi connectivity index (χ4n) is 6.89. The van der Waals surface area contributed by atoms with Crippen molar-refractivity contribution >= 4 is 29.4 Å². The highest BCUT2D eigenvalue weighted by Crippen LogP contribution is 2.44. The summed E-state index contributed by atoms with van der Waals surface area (Å²) in [5.41, 5.74) is 2.38. The first kappa shape index (κ1) is 30.0. The third kappa shape index (κ3) is 5.40. The lowest BCUT2D eigenvalue weighted by atomic mass is 9.77. The number of ether oxygens (including phenoxy) is 1. The van der Waals surface area contributed by atoms with E-state index in [0.29, 0.717) is 47.7 Å². The number of nitrogens with zero attached hydrogens (tertiary/aromatic N) is 5. The molecule has 2 aromatic carbocycles. The van der Waals surface area contributed by atoms with Gasteiger partial charge in [0, 0.05) is 42.8 Å². The summed E-state index contributed by atoms with van der Waals surface area (Å²) in [6, 6.07) is 9.88. The number of fused-ring (bicyclic) bond motifs is 2. The number of aromatic nitrogens is 3. The third-order valence-electron chi connectivity index (χ3n) is 9.06. The number of carbonyl (C=O) groups excluding carboxylic acids is 2. The van der Waals surface area contributed by atoms with Crippen LogP contribution in [-0.4, -0.2) is 60.8 Å². The standard InChI is InChI=1S/C31H32ClF2N5O5/c1-37-27(28(33)34)23(35-36-37)16-44-25-11-10-22(32)21-12-13-39(30(41)19-8-4-5-9-20(19)31(42)43)24(26(21)25)15-38-14-17-6-2-3-7-18(17)29(38)40/h2-3,6-7,10-11,19-20,24,28H,4-5,8-9,12-16H2,1H3,(H,42,43)/t19?,20?,24-/m1/s1. The summed E-state index contributed by atoms with van der Waals surface area (Å²) in [5, 5.41) is 18.0. The fraction of sp³-hybridized carbons (Fsp3) is 0.452. The molecule has 1 fully saturated rings. The molecule has 1 aromatic heterocycles. The summed E-state index contributed by atoms with van der Waals surface area (Å²) >= 11 is 6.68. The number of halogens is 3. The Morgan fingerprint density at radius 2 is 1.89 bits per heavy atom. The predicted molar refractivity (Wildman–Crippen MR) is 154 cm³/mol. The summed E-state index contributed by atoms with van der Waals surface area (Å²) in [6.45, 7) is 0.427. The predicted octanol–water partition coefficient (Wildman–Crippen LogP) is 4.96. The van der Waals surface area contributed by atoms with Crippen LogP contribution in [0.5, 0.6) is 5.75 Å². The highest BCUT2D eigenvalue weighted by molar-refractivity contribution is 6.31. The highest BCUT2D eigenvalue weighted by atomic mass is 35.5. The number of hydrogen-bond donors (Lipinski definition) is 1.